The fourth-order valence-corrected chi connectivity index (χ4v) is 4.30. The zero-order valence-corrected chi connectivity index (χ0v) is 14.7. The standard InChI is InChI=1S/C19H24N2S/c1-5-11-19(3,6-2)15-9-7-8-13-14-10-12-22-18(14)21-17(20-4)16(13)15/h7-10,12H,5-6,11H2,1-4H3,(H,20,21). The molecule has 0 fully saturated rings. The number of anilines is 1. The molecule has 0 aliphatic rings. The third-order valence-corrected chi connectivity index (χ3v) is 5.73. The minimum absolute atomic E-state index is 0.200. The van der Waals surface area contributed by atoms with Crippen molar-refractivity contribution in [1.29, 1.82) is 0 Å². The van der Waals surface area contributed by atoms with E-state index in [1.807, 2.05) is 7.05 Å². The minimum Gasteiger partial charge on any atom is -0.373 e. The molecule has 0 aliphatic carbocycles. The summed E-state index contributed by atoms with van der Waals surface area (Å²) in [5.41, 5.74) is 1.63. The number of rotatable bonds is 5. The van der Waals surface area contributed by atoms with Gasteiger partial charge in [-0.2, -0.15) is 0 Å². The fraction of sp³-hybridized carbons (Fsp3) is 0.421. The molecule has 3 rings (SSSR count). The predicted octanol–water partition coefficient (Wildman–Crippen LogP) is 5.96. The third-order valence-electron chi connectivity index (χ3n) is 4.92. The lowest BCUT2D eigenvalue weighted by atomic mass is 9.74. The molecule has 116 valence electrons. The summed E-state index contributed by atoms with van der Waals surface area (Å²) in [5.74, 6) is 1.01. The van der Waals surface area contributed by atoms with E-state index in [1.54, 1.807) is 11.3 Å². The molecule has 0 spiro atoms. The summed E-state index contributed by atoms with van der Waals surface area (Å²) < 4.78 is 0. The largest absolute Gasteiger partial charge is 0.373 e. The Hall–Kier alpha value is -1.61. The van der Waals surface area contributed by atoms with Gasteiger partial charge in [0.15, 0.2) is 0 Å². The highest BCUT2D eigenvalue weighted by Gasteiger charge is 2.27. The number of hydrogen-bond donors (Lipinski definition) is 1. The summed E-state index contributed by atoms with van der Waals surface area (Å²) in [7, 11) is 1.97. The maximum atomic E-state index is 4.86. The molecule has 1 aromatic carbocycles. The normalized spacial score (nSPS) is 14.4. The van der Waals surface area contributed by atoms with Gasteiger partial charge in [0, 0.05) is 17.8 Å². The summed E-state index contributed by atoms with van der Waals surface area (Å²) in [6.07, 6.45) is 3.54. The van der Waals surface area contributed by atoms with Crippen LogP contribution in [-0.4, -0.2) is 12.0 Å². The van der Waals surface area contributed by atoms with Crippen LogP contribution in [-0.2, 0) is 5.41 Å². The monoisotopic (exact) mass is 312 g/mol. The minimum atomic E-state index is 0.200. The Balaban J connectivity index is 2.40. The van der Waals surface area contributed by atoms with Crippen molar-refractivity contribution in [3.63, 3.8) is 0 Å². The zero-order valence-electron chi connectivity index (χ0n) is 13.9. The van der Waals surface area contributed by atoms with Crippen LogP contribution in [0.5, 0.6) is 0 Å². The number of aromatic nitrogens is 1. The first-order chi connectivity index (χ1) is 10.6. The molecule has 2 aromatic heterocycles. The Bertz CT molecular complexity index is 806. The number of thiophene rings is 1. The molecule has 0 bridgehead atoms. The van der Waals surface area contributed by atoms with Crippen LogP contribution >= 0.6 is 11.3 Å². The van der Waals surface area contributed by atoms with E-state index >= 15 is 0 Å². The van der Waals surface area contributed by atoms with Crippen LogP contribution in [0.3, 0.4) is 0 Å². The molecule has 0 saturated heterocycles. The summed E-state index contributed by atoms with van der Waals surface area (Å²) in [5, 5.41) is 9.36. The van der Waals surface area contributed by atoms with Gasteiger partial charge in [0.25, 0.3) is 0 Å². The van der Waals surface area contributed by atoms with Gasteiger partial charge >= 0.3 is 0 Å². The second-order valence-electron chi connectivity index (χ2n) is 6.24. The summed E-state index contributed by atoms with van der Waals surface area (Å²) >= 11 is 1.71. The molecule has 22 heavy (non-hydrogen) atoms. The summed E-state index contributed by atoms with van der Waals surface area (Å²) in [6.45, 7) is 6.96. The molecule has 1 unspecified atom stereocenters. The highest BCUT2D eigenvalue weighted by molar-refractivity contribution is 7.16. The molecule has 3 aromatic rings. The van der Waals surface area contributed by atoms with Crippen molar-refractivity contribution in [2.24, 2.45) is 0 Å². The molecular formula is C19H24N2S. The van der Waals surface area contributed by atoms with E-state index in [0.717, 1.165) is 17.1 Å². The van der Waals surface area contributed by atoms with Crippen molar-refractivity contribution in [1.82, 2.24) is 4.98 Å². The first kappa shape index (κ1) is 15.3. The SMILES string of the molecule is CCCC(C)(CC)c1cccc2c1c(NC)nc1sccc12. The lowest BCUT2D eigenvalue weighted by Crippen LogP contribution is -2.21. The lowest BCUT2D eigenvalue weighted by molar-refractivity contribution is 0.417. The van der Waals surface area contributed by atoms with Gasteiger partial charge in [-0.15, -0.1) is 11.3 Å². The van der Waals surface area contributed by atoms with E-state index in [2.05, 4.69) is 55.7 Å². The van der Waals surface area contributed by atoms with Gasteiger partial charge in [-0.25, -0.2) is 4.98 Å². The van der Waals surface area contributed by atoms with Gasteiger partial charge in [-0.3, -0.25) is 0 Å². The zero-order chi connectivity index (χ0) is 15.7. The Kier molecular flexibility index (Phi) is 4.09. The molecule has 2 heterocycles. The Morgan fingerprint density at radius 3 is 2.68 bits per heavy atom. The van der Waals surface area contributed by atoms with E-state index in [0.29, 0.717) is 0 Å². The second kappa shape index (κ2) is 5.88. The maximum Gasteiger partial charge on any atom is 0.135 e. The van der Waals surface area contributed by atoms with E-state index < -0.39 is 0 Å². The average molecular weight is 312 g/mol. The molecule has 0 amide bonds. The van der Waals surface area contributed by atoms with Gasteiger partial charge in [-0.1, -0.05) is 45.4 Å². The van der Waals surface area contributed by atoms with Gasteiger partial charge in [0.05, 0.1) is 0 Å². The molecule has 0 radical (unpaired) electrons. The van der Waals surface area contributed by atoms with Crippen LogP contribution in [0.15, 0.2) is 29.6 Å². The third kappa shape index (κ3) is 2.28. The maximum absolute atomic E-state index is 4.86. The number of pyridine rings is 1. The molecule has 3 heteroatoms. The lowest BCUT2D eigenvalue weighted by Gasteiger charge is -2.30. The molecule has 1 N–H and O–H groups in total. The smallest absolute Gasteiger partial charge is 0.135 e. The van der Waals surface area contributed by atoms with Crippen LogP contribution in [0.2, 0.25) is 0 Å². The van der Waals surface area contributed by atoms with Crippen LogP contribution in [0.4, 0.5) is 5.82 Å². The Morgan fingerprint density at radius 2 is 2.00 bits per heavy atom. The second-order valence-corrected chi connectivity index (χ2v) is 7.14. The Labute approximate surface area is 136 Å². The first-order valence-electron chi connectivity index (χ1n) is 8.12. The van der Waals surface area contributed by atoms with Gasteiger partial charge < -0.3 is 5.32 Å². The number of benzene rings is 1. The number of nitrogens with zero attached hydrogens (tertiary/aromatic N) is 1. The first-order valence-corrected chi connectivity index (χ1v) is 9.00. The van der Waals surface area contributed by atoms with Gasteiger partial charge in [0.1, 0.15) is 10.6 Å². The van der Waals surface area contributed by atoms with E-state index in [-0.39, 0.29) is 5.41 Å². The molecule has 0 saturated carbocycles. The fourth-order valence-electron chi connectivity index (χ4n) is 3.52. The van der Waals surface area contributed by atoms with E-state index in [9.17, 15) is 0 Å². The number of nitrogens with one attached hydrogen (secondary N) is 1. The van der Waals surface area contributed by atoms with Crippen LogP contribution < -0.4 is 5.32 Å². The molecule has 0 aliphatic heterocycles. The van der Waals surface area contributed by atoms with Crippen LogP contribution in [0.1, 0.15) is 45.6 Å². The van der Waals surface area contributed by atoms with E-state index in [1.165, 1.54) is 34.6 Å². The Morgan fingerprint density at radius 1 is 1.18 bits per heavy atom. The van der Waals surface area contributed by atoms with Crippen molar-refractivity contribution in [3.8, 4) is 0 Å². The summed E-state index contributed by atoms with van der Waals surface area (Å²) in [4.78, 5) is 5.97. The van der Waals surface area contributed by atoms with Gasteiger partial charge in [-0.05, 0) is 40.7 Å². The summed E-state index contributed by atoms with van der Waals surface area (Å²) in [6, 6.07) is 8.93. The van der Waals surface area contributed by atoms with Crippen molar-refractivity contribution < 1.29 is 0 Å². The number of hydrogen-bond acceptors (Lipinski definition) is 3. The van der Waals surface area contributed by atoms with Gasteiger partial charge in [0.2, 0.25) is 0 Å². The van der Waals surface area contributed by atoms with Crippen LogP contribution in [0.25, 0.3) is 21.0 Å². The van der Waals surface area contributed by atoms with Crippen molar-refractivity contribution in [3.05, 3.63) is 35.2 Å². The number of fused-ring (bicyclic) bond motifs is 3. The van der Waals surface area contributed by atoms with E-state index in [4.69, 9.17) is 4.98 Å². The van der Waals surface area contributed by atoms with Crippen molar-refractivity contribution >= 4 is 38.1 Å². The van der Waals surface area contributed by atoms with Crippen molar-refractivity contribution in [2.45, 2.75) is 45.4 Å². The molecule has 2 nitrogen and oxygen atoms in total. The predicted molar refractivity (Wildman–Crippen MR) is 99.2 cm³/mol. The topological polar surface area (TPSA) is 24.9 Å². The highest BCUT2D eigenvalue weighted by atomic mass is 32.1. The molecular weight excluding hydrogens is 288 g/mol. The quantitative estimate of drug-likeness (QED) is 0.629. The van der Waals surface area contributed by atoms with Crippen molar-refractivity contribution in [2.75, 3.05) is 12.4 Å². The van der Waals surface area contributed by atoms with Crippen LogP contribution in [0, 0.1) is 0 Å². The highest BCUT2D eigenvalue weighted by Crippen LogP contribution is 2.41. The average Bonchev–Trinajstić information content (AvgIpc) is 3.02. The molecule has 1 atom stereocenters.